The van der Waals surface area contributed by atoms with E-state index in [9.17, 15) is 28.8 Å². The third kappa shape index (κ3) is 42.8. The van der Waals surface area contributed by atoms with Crippen molar-refractivity contribution < 1.29 is 59.4 Å². The number of hydrogen-bond acceptors (Lipinski definition) is 6. The highest BCUT2D eigenvalue weighted by Gasteiger charge is 2.02. The van der Waals surface area contributed by atoms with Gasteiger partial charge < -0.3 is 30.6 Å². The number of hydrogen-bond donors (Lipinski definition) is 6. The van der Waals surface area contributed by atoms with Gasteiger partial charge in [-0.15, -0.1) is 0 Å². The molecule has 24 heavy (non-hydrogen) atoms. The molecule has 0 aromatic heterocycles. The molecule has 0 spiro atoms. The van der Waals surface area contributed by atoms with Gasteiger partial charge in [-0.3, -0.25) is 28.8 Å². The van der Waals surface area contributed by atoms with Crippen LogP contribution < -0.4 is 0 Å². The van der Waals surface area contributed by atoms with Crippen LogP contribution in [0.4, 0.5) is 0 Å². The van der Waals surface area contributed by atoms with Crippen LogP contribution in [0.2, 0.25) is 0 Å². The summed E-state index contributed by atoms with van der Waals surface area (Å²) < 4.78 is 0. The summed E-state index contributed by atoms with van der Waals surface area (Å²) in [4.78, 5) is 57.7. The molecule has 0 saturated carbocycles. The Kier molecular flexibility index (Phi) is 17.4. The van der Waals surface area contributed by atoms with Crippen molar-refractivity contribution in [3.8, 4) is 0 Å². The predicted octanol–water partition coefficient (Wildman–Crippen LogP) is -0.193. The molecule has 0 bridgehead atoms. The van der Waals surface area contributed by atoms with Crippen LogP contribution >= 0.6 is 0 Å². The molecule has 0 radical (unpaired) electrons. The Labute approximate surface area is 134 Å². The molecule has 0 unspecified atom stereocenters. The van der Waals surface area contributed by atoms with Gasteiger partial charge >= 0.3 is 35.8 Å². The van der Waals surface area contributed by atoms with Crippen molar-refractivity contribution in [3.63, 3.8) is 0 Å². The lowest BCUT2D eigenvalue weighted by molar-refractivity contribution is -0.147. The van der Waals surface area contributed by atoms with Crippen molar-refractivity contribution in [1.29, 1.82) is 0 Å². The van der Waals surface area contributed by atoms with Crippen LogP contribution in [0.25, 0.3) is 0 Å². The van der Waals surface area contributed by atoms with E-state index in [2.05, 4.69) is 0 Å². The molecule has 138 valence electrons. The minimum Gasteiger partial charge on any atom is -0.481 e. The lowest BCUT2D eigenvalue weighted by atomic mass is 10.2. The second-order valence-corrected chi connectivity index (χ2v) is 3.89. The Morgan fingerprint density at radius 2 is 0.667 bits per heavy atom. The first-order valence-electron chi connectivity index (χ1n) is 6.19. The van der Waals surface area contributed by atoms with Gasteiger partial charge in [0.1, 0.15) is 6.42 Å². The van der Waals surface area contributed by atoms with Crippen LogP contribution in [0.3, 0.4) is 0 Å². The highest BCUT2D eigenvalue weighted by molar-refractivity contribution is 5.88. The molecule has 0 heterocycles. The SMILES string of the molecule is O=C(O)CC(=O)O.O=C(O)CCC(=O)O.O=C(O)CCCC(=O)O. The van der Waals surface area contributed by atoms with E-state index in [-0.39, 0.29) is 32.1 Å². The molecule has 0 aromatic rings. The average Bonchev–Trinajstić information content (AvgIpc) is 2.35. The van der Waals surface area contributed by atoms with Crippen molar-refractivity contribution in [1.82, 2.24) is 0 Å². The Morgan fingerprint density at radius 3 is 0.792 bits per heavy atom. The standard InChI is InChI=1S/C5H8O4.C4H6O4.C3H4O4/c6-4(7)2-1-3-5(8)9;5-3(6)1-2-4(7)8;4-2(5)1-3(6)7/h1-3H2,(H,6,7)(H,8,9);1-2H2,(H,5,6)(H,7,8);1H2,(H,4,5)(H,6,7). The molecular formula is C12H18O12. The first-order chi connectivity index (χ1) is 10.9. The maximum absolute atomic E-state index is 9.79. The molecule has 0 rings (SSSR count). The molecule has 0 aliphatic carbocycles. The van der Waals surface area contributed by atoms with Gasteiger partial charge in [-0.2, -0.15) is 0 Å². The van der Waals surface area contributed by atoms with Gasteiger partial charge in [0.15, 0.2) is 0 Å². The lowest BCUT2D eigenvalue weighted by Crippen LogP contribution is -2.03. The number of carbonyl (C=O) groups is 6. The largest absolute Gasteiger partial charge is 0.481 e. The zero-order valence-corrected chi connectivity index (χ0v) is 12.4. The Hall–Kier alpha value is -3.18. The van der Waals surface area contributed by atoms with Gasteiger partial charge in [0.05, 0.1) is 12.8 Å². The lowest BCUT2D eigenvalue weighted by Gasteiger charge is -1.89. The van der Waals surface area contributed by atoms with Gasteiger partial charge in [-0.05, 0) is 6.42 Å². The summed E-state index contributed by atoms with van der Waals surface area (Å²) in [6, 6.07) is 0. The number of rotatable bonds is 9. The van der Waals surface area contributed by atoms with Crippen molar-refractivity contribution >= 4 is 35.8 Å². The third-order valence-corrected chi connectivity index (χ3v) is 1.64. The summed E-state index contributed by atoms with van der Waals surface area (Å²) >= 11 is 0. The summed E-state index contributed by atoms with van der Waals surface area (Å²) in [5.41, 5.74) is 0. The molecular weight excluding hydrogens is 336 g/mol. The highest BCUT2D eigenvalue weighted by Crippen LogP contribution is 1.93. The van der Waals surface area contributed by atoms with Crippen LogP contribution in [-0.2, 0) is 28.8 Å². The fourth-order valence-corrected chi connectivity index (χ4v) is 0.734. The van der Waals surface area contributed by atoms with Crippen LogP contribution in [0, 0.1) is 0 Å². The molecule has 0 aliphatic heterocycles. The molecule has 0 amide bonds. The van der Waals surface area contributed by atoms with Crippen LogP contribution in [0.1, 0.15) is 38.5 Å². The molecule has 0 aromatic carbocycles. The Morgan fingerprint density at radius 1 is 0.417 bits per heavy atom. The van der Waals surface area contributed by atoms with E-state index in [0.717, 1.165) is 0 Å². The zero-order chi connectivity index (χ0) is 19.7. The van der Waals surface area contributed by atoms with Gasteiger partial charge in [0.25, 0.3) is 0 Å². The van der Waals surface area contributed by atoms with Gasteiger partial charge in [-0.1, -0.05) is 0 Å². The fourth-order valence-electron chi connectivity index (χ4n) is 0.734. The van der Waals surface area contributed by atoms with E-state index in [1.165, 1.54) is 0 Å². The van der Waals surface area contributed by atoms with Gasteiger partial charge in [-0.25, -0.2) is 0 Å². The van der Waals surface area contributed by atoms with Gasteiger partial charge in [0, 0.05) is 12.8 Å². The average molecular weight is 354 g/mol. The minimum atomic E-state index is -1.31. The monoisotopic (exact) mass is 354 g/mol. The Bertz CT molecular complexity index is 413. The molecule has 12 nitrogen and oxygen atoms in total. The first-order valence-corrected chi connectivity index (χ1v) is 6.19. The molecule has 0 atom stereocenters. The van der Waals surface area contributed by atoms with Crippen LogP contribution in [0.5, 0.6) is 0 Å². The second-order valence-electron chi connectivity index (χ2n) is 3.89. The van der Waals surface area contributed by atoms with E-state index in [4.69, 9.17) is 30.6 Å². The fraction of sp³-hybridized carbons (Fsp3) is 0.500. The van der Waals surface area contributed by atoms with Crippen molar-refractivity contribution in [3.05, 3.63) is 0 Å². The smallest absolute Gasteiger partial charge is 0.314 e. The molecule has 0 saturated heterocycles. The van der Waals surface area contributed by atoms with Crippen LogP contribution in [0.15, 0.2) is 0 Å². The summed E-state index contributed by atoms with van der Waals surface area (Å²) in [5, 5.41) is 47.3. The van der Waals surface area contributed by atoms with E-state index in [0.29, 0.717) is 0 Å². The summed E-state index contributed by atoms with van der Waals surface area (Å²) in [7, 11) is 0. The number of carboxylic acids is 6. The maximum Gasteiger partial charge on any atom is 0.314 e. The van der Waals surface area contributed by atoms with E-state index < -0.39 is 42.2 Å². The summed E-state index contributed by atoms with van der Waals surface area (Å²) in [6.07, 6.45) is -1.31. The Balaban J connectivity index is -0.000000278. The predicted molar refractivity (Wildman–Crippen MR) is 73.5 cm³/mol. The van der Waals surface area contributed by atoms with E-state index >= 15 is 0 Å². The third-order valence-electron chi connectivity index (χ3n) is 1.64. The van der Waals surface area contributed by atoms with Crippen molar-refractivity contribution in [2.75, 3.05) is 0 Å². The first kappa shape index (κ1) is 25.8. The maximum atomic E-state index is 9.79. The molecule has 12 heteroatoms. The van der Waals surface area contributed by atoms with Gasteiger partial charge in [0.2, 0.25) is 0 Å². The number of carboxylic acid groups (broad SMARTS) is 6. The molecule has 0 fully saturated rings. The summed E-state index contributed by atoms with van der Waals surface area (Å²) in [6.45, 7) is 0. The minimum absolute atomic E-state index is 0.0632. The van der Waals surface area contributed by atoms with Crippen LogP contribution in [-0.4, -0.2) is 66.5 Å². The van der Waals surface area contributed by atoms with E-state index in [1.54, 1.807) is 0 Å². The topological polar surface area (TPSA) is 224 Å². The van der Waals surface area contributed by atoms with Crippen molar-refractivity contribution in [2.24, 2.45) is 0 Å². The second kappa shape index (κ2) is 16.2. The quantitative estimate of drug-likeness (QED) is 0.296. The van der Waals surface area contributed by atoms with Crippen molar-refractivity contribution in [2.45, 2.75) is 38.5 Å². The summed E-state index contributed by atoms with van der Waals surface area (Å²) in [5.74, 6) is -6.67. The zero-order valence-electron chi connectivity index (χ0n) is 12.4. The molecule has 6 N–H and O–H groups in total. The normalized spacial score (nSPS) is 8.50. The van der Waals surface area contributed by atoms with E-state index in [1.807, 2.05) is 0 Å². The number of aliphatic carboxylic acids is 6. The molecule has 0 aliphatic rings. The highest BCUT2D eigenvalue weighted by atomic mass is 16.4.